The number of aromatic nitrogens is 1. The Morgan fingerprint density at radius 3 is 2.43 bits per heavy atom. The number of hydrogen-bond acceptors (Lipinski definition) is 5. The average molecular weight is 406 g/mol. The van der Waals surface area contributed by atoms with Gasteiger partial charge in [-0.2, -0.15) is 0 Å². The van der Waals surface area contributed by atoms with E-state index < -0.39 is 5.97 Å². The first-order valence-corrected chi connectivity index (χ1v) is 9.42. The monoisotopic (exact) mass is 406 g/mol. The van der Waals surface area contributed by atoms with E-state index in [2.05, 4.69) is 21.3 Å². The summed E-state index contributed by atoms with van der Waals surface area (Å²) in [6.45, 7) is 2.48. The molecule has 7 nitrogen and oxygen atoms in total. The van der Waals surface area contributed by atoms with Gasteiger partial charge < -0.3 is 21.6 Å². The number of carbonyl (C=O) groups excluding carboxylic acids is 1. The fourth-order valence-electron chi connectivity index (χ4n) is 3.07. The number of benzene rings is 2. The summed E-state index contributed by atoms with van der Waals surface area (Å²) in [5.41, 5.74) is 1.38. The van der Waals surface area contributed by atoms with Gasteiger partial charge in [-0.3, -0.25) is 0 Å². The fourth-order valence-corrected chi connectivity index (χ4v) is 4.09. The van der Waals surface area contributed by atoms with E-state index in [-0.39, 0.29) is 42.6 Å². The number of rotatable bonds is 3. The molecular formula is C19H19N4NaO3S. The van der Waals surface area contributed by atoms with Crippen molar-refractivity contribution in [1.29, 1.82) is 0 Å². The Balaban J connectivity index is 0.00000150. The molecule has 28 heavy (non-hydrogen) atoms. The van der Waals surface area contributed by atoms with Crippen LogP contribution >= 0.6 is 11.3 Å². The van der Waals surface area contributed by atoms with E-state index in [0.29, 0.717) is 31.9 Å². The molecule has 2 amide bonds. The third-order valence-corrected chi connectivity index (χ3v) is 5.62. The number of carboxylic acid groups (broad SMARTS) is 1. The number of urea groups is 1. The second kappa shape index (κ2) is 8.91. The topological polar surface area (TPSA) is 85.8 Å². The largest absolute Gasteiger partial charge is 1.00 e. The van der Waals surface area contributed by atoms with Crippen molar-refractivity contribution in [1.82, 2.24) is 9.88 Å². The van der Waals surface area contributed by atoms with E-state index in [1.54, 1.807) is 34.4 Å². The molecule has 0 aliphatic carbocycles. The normalized spacial score (nSPS) is 13.9. The second-order valence-electron chi connectivity index (χ2n) is 6.22. The van der Waals surface area contributed by atoms with Crippen LogP contribution < -0.4 is 39.8 Å². The maximum absolute atomic E-state index is 12.5. The standard InChI is InChI=1S/C19H18N4O3S.Na.H/c24-17(25)13-5-1-2-6-14(13)20-18(26)22-9-11-23(12-10-22)19-21-15-7-3-4-8-16(15)27-19;;/h1-8H,9-12H2,(H,20,26)(H,24,25);;/q;+1;-1. The predicted octanol–water partition coefficient (Wildman–Crippen LogP) is 0.465. The first-order chi connectivity index (χ1) is 13.1. The van der Waals surface area contributed by atoms with Gasteiger partial charge in [0.1, 0.15) is 0 Å². The Morgan fingerprint density at radius 1 is 1.04 bits per heavy atom. The maximum atomic E-state index is 12.5. The first-order valence-electron chi connectivity index (χ1n) is 8.60. The van der Waals surface area contributed by atoms with E-state index >= 15 is 0 Å². The van der Waals surface area contributed by atoms with Crippen molar-refractivity contribution in [2.75, 3.05) is 36.4 Å². The predicted molar refractivity (Wildman–Crippen MR) is 107 cm³/mol. The van der Waals surface area contributed by atoms with Crippen LogP contribution in [0.1, 0.15) is 11.8 Å². The van der Waals surface area contributed by atoms with E-state index in [1.165, 1.54) is 6.07 Å². The fraction of sp³-hybridized carbons (Fsp3) is 0.211. The van der Waals surface area contributed by atoms with Crippen LogP contribution in [0.15, 0.2) is 48.5 Å². The van der Waals surface area contributed by atoms with E-state index in [0.717, 1.165) is 15.3 Å². The molecular weight excluding hydrogens is 387 g/mol. The van der Waals surface area contributed by atoms with E-state index in [1.807, 2.05) is 18.2 Å². The van der Waals surface area contributed by atoms with E-state index in [4.69, 9.17) is 0 Å². The number of piperazine rings is 1. The number of nitrogens with one attached hydrogen (secondary N) is 1. The van der Waals surface area contributed by atoms with Gasteiger partial charge in [-0.25, -0.2) is 14.6 Å². The molecule has 1 aliphatic rings. The molecule has 0 bridgehead atoms. The molecule has 0 radical (unpaired) electrons. The molecule has 4 rings (SSSR count). The Morgan fingerprint density at radius 2 is 1.71 bits per heavy atom. The number of nitrogens with zero attached hydrogens (tertiary/aromatic N) is 3. The van der Waals surface area contributed by atoms with Crippen molar-refractivity contribution in [3.05, 3.63) is 54.1 Å². The zero-order valence-corrected chi connectivity index (χ0v) is 18.3. The van der Waals surface area contributed by atoms with Crippen LogP contribution in [-0.2, 0) is 0 Å². The number of fused-ring (bicyclic) bond motifs is 1. The number of anilines is 2. The molecule has 140 valence electrons. The summed E-state index contributed by atoms with van der Waals surface area (Å²) in [5.74, 6) is -1.06. The van der Waals surface area contributed by atoms with Crippen LogP contribution in [0.3, 0.4) is 0 Å². The molecule has 0 atom stereocenters. The number of para-hydroxylation sites is 2. The molecule has 0 unspecified atom stereocenters. The zero-order valence-electron chi connectivity index (χ0n) is 16.5. The molecule has 1 fully saturated rings. The summed E-state index contributed by atoms with van der Waals surface area (Å²) in [6, 6.07) is 14.2. The van der Waals surface area contributed by atoms with Crippen LogP contribution in [0, 0.1) is 0 Å². The van der Waals surface area contributed by atoms with Gasteiger partial charge in [0, 0.05) is 26.2 Å². The number of aromatic carboxylic acids is 1. The first kappa shape index (κ1) is 20.6. The van der Waals surface area contributed by atoms with E-state index in [9.17, 15) is 14.7 Å². The van der Waals surface area contributed by atoms with Crippen LogP contribution in [-0.4, -0.2) is 53.2 Å². The van der Waals surface area contributed by atoms with Crippen molar-refractivity contribution >= 4 is 44.4 Å². The van der Waals surface area contributed by atoms with Crippen LogP contribution in [0.2, 0.25) is 0 Å². The van der Waals surface area contributed by atoms with Crippen molar-refractivity contribution in [3.63, 3.8) is 0 Å². The summed E-state index contributed by atoms with van der Waals surface area (Å²) in [6.07, 6.45) is 0. The SMILES string of the molecule is O=C(O)c1ccccc1NC(=O)N1CCN(c2nc3ccccc3s2)CC1.[H-].[Na+]. The van der Waals surface area contributed by atoms with Crippen LogP contribution in [0.5, 0.6) is 0 Å². The Hall–Kier alpha value is -2.13. The molecule has 1 saturated heterocycles. The van der Waals surface area contributed by atoms with Gasteiger partial charge in [0.15, 0.2) is 5.13 Å². The quantitative estimate of drug-likeness (QED) is 0.618. The molecule has 9 heteroatoms. The molecule has 2 N–H and O–H groups in total. The van der Waals surface area contributed by atoms with Crippen molar-refractivity contribution in [2.45, 2.75) is 0 Å². The summed E-state index contributed by atoms with van der Waals surface area (Å²) >= 11 is 1.65. The number of carbonyl (C=O) groups is 2. The summed E-state index contributed by atoms with van der Waals surface area (Å²) in [5, 5.41) is 12.9. The number of carboxylic acids is 1. The molecule has 3 aromatic rings. The van der Waals surface area contributed by atoms with Crippen molar-refractivity contribution in [2.24, 2.45) is 0 Å². The maximum Gasteiger partial charge on any atom is 1.00 e. The second-order valence-corrected chi connectivity index (χ2v) is 7.23. The summed E-state index contributed by atoms with van der Waals surface area (Å²) in [4.78, 5) is 32.3. The smallest absolute Gasteiger partial charge is 1.00 e. The number of hydrogen-bond donors (Lipinski definition) is 2. The van der Waals surface area contributed by atoms with Crippen molar-refractivity contribution < 1.29 is 45.7 Å². The zero-order chi connectivity index (χ0) is 18.8. The Bertz CT molecular complexity index is 975. The summed E-state index contributed by atoms with van der Waals surface area (Å²) in [7, 11) is 0. The Labute approximate surface area is 189 Å². The van der Waals surface area contributed by atoms with Gasteiger partial charge in [0.2, 0.25) is 0 Å². The van der Waals surface area contributed by atoms with Gasteiger partial charge >= 0.3 is 41.6 Å². The van der Waals surface area contributed by atoms with Crippen molar-refractivity contribution in [3.8, 4) is 0 Å². The van der Waals surface area contributed by atoms with Crippen LogP contribution in [0.4, 0.5) is 15.6 Å². The minimum absolute atomic E-state index is 0. The van der Waals surface area contributed by atoms with Crippen LogP contribution in [0.25, 0.3) is 10.2 Å². The van der Waals surface area contributed by atoms with Gasteiger partial charge in [-0.05, 0) is 24.3 Å². The van der Waals surface area contributed by atoms with Gasteiger partial charge in [0.05, 0.1) is 21.5 Å². The minimum Gasteiger partial charge on any atom is -1.00 e. The van der Waals surface area contributed by atoms with Gasteiger partial charge in [0.25, 0.3) is 0 Å². The third-order valence-electron chi connectivity index (χ3n) is 4.52. The molecule has 0 saturated carbocycles. The third kappa shape index (κ3) is 4.30. The molecule has 1 aromatic heterocycles. The number of thiazole rings is 1. The molecule has 1 aliphatic heterocycles. The van der Waals surface area contributed by atoms with Gasteiger partial charge in [-0.1, -0.05) is 35.6 Å². The van der Waals surface area contributed by atoms with Gasteiger partial charge in [-0.15, -0.1) is 0 Å². The molecule has 0 spiro atoms. The molecule has 2 heterocycles. The number of amides is 2. The Kier molecular flexibility index (Phi) is 6.56. The average Bonchev–Trinajstić information content (AvgIpc) is 3.12. The minimum atomic E-state index is -1.06. The summed E-state index contributed by atoms with van der Waals surface area (Å²) < 4.78 is 1.15. The molecule has 2 aromatic carbocycles.